The van der Waals surface area contributed by atoms with Gasteiger partial charge in [0.2, 0.25) is 0 Å². The van der Waals surface area contributed by atoms with Crippen LogP contribution in [0.3, 0.4) is 0 Å². The molecule has 1 aliphatic rings. The van der Waals surface area contributed by atoms with Crippen molar-refractivity contribution >= 4 is 5.91 Å². The standard InChI is InChI=1S/C23H30N2O3/c1-4-25-17(2)7-14-21(23(25)27)22(26)24-15-5-6-19(16-24)9-8-18-10-12-20(28-3)13-11-18/h7,10-14,19H,4-6,8-9,15-16H2,1-3H3/t19-/m0/s1. The molecule has 2 heterocycles. The van der Waals surface area contributed by atoms with Crippen molar-refractivity contribution in [1.82, 2.24) is 9.47 Å². The van der Waals surface area contributed by atoms with E-state index in [1.165, 1.54) is 5.56 Å². The molecule has 2 aromatic rings. The predicted octanol–water partition coefficient (Wildman–Crippen LogP) is 3.67. The van der Waals surface area contributed by atoms with Gasteiger partial charge in [-0.3, -0.25) is 9.59 Å². The van der Waals surface area contributed by atoms with Crippen molar-refractivity contribution in [3.8, 4) is 5.75 Å². The average Bonchev–Trinajstić information content (AvgIpc) is 2.73. The number of rotatable bonds is 6. The molecule has 3 rings (SSSR count). The molecule has 1 atom stereocenters. The molecule has 0 N–H and O–H groups in total. The number of ether oxygens (including phenoxy) is 1. The molecule has 1 aliphatic heterocycles. The van der Waals surface area contributed by atoms with Gasteiger partial charge in [-0.25, -0.2) is 0 Å². The molecule has 0 saturated carbocycles. The van der Waals surface area contributed by atoms with Gasteiger partial charge in [0.25, 0.3) is 11.5 Å². The fraction of sp³-hybridized carbons (Fsp3) is 0.478. The van der Waals surface area contributed by atoms with Crippen LogP contribution in [-0.2, 0) is 13.0 Å². The summed E-state index contributed by atoms with van der Waals surface area (Å²) in [4.78, 5) is 27.5. The Kier molecular flexibility index (Phi) is 6.55. The van der Waals surface area contributed by atoms with E-state index in [2.05, 4.69) is 12.1 Å². The summed E-state index contributed by atoms with van der Waals surface area (Å²) in [6.07, 6.45) is 4.16. The van der Waals surface area contributed by atoms with E-state index in [1.807, 2.05) is 36.9 Å². The second kappa shape index (κ2) is 9.09. The normalized spacial score (nSPS) is 16.8. The van der Waals surface area contributed by atoms with E-state index in [1.54, 1.807) is 17.7 Å². The molecule has 0 aliphatic carbocycles. The number of likely N-dealkylation sites (tertiary alicyclic amines) is 1. The highest BCUT2D eigenvalue weighted by Crippen LogP contribution is 2.23. The van der Waals surface area contributed by atoms with Gasteiger partial charge in [0, 0.05) is 25.3 Å². The van der Waals surface area contributed by atoms with Gasteiger partial charge in [-0.2, -0.15) is 0 Å². The summed E-state index contributed by atoms with van der Waals surface area (Å²) in [6, 6.07) is 11.7. The molecule has 1 amide bonds. The van der Waals surface area contributed by atoms with Crippen LogP contribution >= 0.6 is 0 Å². The van der Waals surface area contributed by atoms with Gasteiger partial charge in [-0.1, -0.05) is 12.1 Å². The molecule has 0 unspecified atom stereocenters. The molecule has 150 valence electrons. The van der Waals surface area contributed by atoms with Gasteiger partial charge >= 0.3 is 0 Å². The third-order valence-corrected chi connectivity index (χ3v) is 5.75. The first-order valence-corrected chi connectivity index (χ1v) is 10.2. The van der Waals surface area contributed by atoms with Gasteiger partial charge in [-0.05, 0) is 75.3 Å². The second-order valence-electron chi connectivity index (χ2n) is 7.58. The zero-order valence-corrected chi connectivity index (χ0v) is 17.1. The number of hydrogen-bond acceptors (Lipinski definition) is 3. The van der Waals surface area contributed by atoms with Crippen molar-refractivity contribution in [2.24, 2.45) is 5.92 Å². The zero-order valence-electron chi connectivity index (χ0n) is 17.1. The summed E-state index contributed by atoms with van der Waals surface area (Å²) >= 11 is 0. The summed E-state index contributed by atoms with van der Waals surface area (Å²) in [7, 11) is 1.67. The molecular weight excluding hydrogens is 352 g/mol. The average molecular weight is 383 g/mol. The molecule has 0 radical (unpaired) electrons. The molecule has 5 nitrogen and oxygen atoms in total. The van der Waals surface area contributed by atoms with Crippen LogP contribution in [0.5, 0.6) is 5.75 Å². The Balaban J connectivity index is 1.64. The van der Waals surface area contributed by atoms with Crippen LogP contribution in [0.25, 0.3) is 0 Å². The first-order valence-electron chi connectivity index (χ1n) is 10.2. The number of nitrogens with zero attached hydrogens (tertiary/aromatic N) is 2. The second-order valence-corrected chi connectivity index (χ2v) is 7.58. The van der Waals surface area contributed by atoms with Crippen molar-refractivity contribution < 1.29 is 9.53 Å². The Bertz CT molecular complexity index is 870. The van der Waals surface area contributed by atoms with Gasteiger partial charge in [0.1, 0.15) is 11.3 Å². The minimum Gasteiger partial charge on any atom is -0.497 e. The fourth-order valence-electron chi connectivity index (χ4n) is 4.05. The van der Waals surface area contributed by atoms with Gasteiger partial charge < -0.3 is 14.2 Å². The highest BCUT2D eigenvalue weighted by molar-refractivity contribution is 5.94. The van der Waals surface area contributed by atoms with Crippen molar-refractivity contribution in [2.45, 2.75) is 46.1 Å². The van der Waals surface area contributed by atoms with E-state index in [-0.39, 0.29) is 11.5 Å². The molecule has 1 aromatic heterocycles. The molecule has 1 saturated heterocycles. The number of hydrogen-bond donors (Lipinski definition) is 0. The third-order valence-electron chi connectivity index (χ3n) is 5.75. The first kappa shape index (κ1) is 20.2. The topological polar surface area (TPSA) is 51.5 Å². The number of amides is 1. The van der Waals surface area contributed by atoms with E-state index < -0.39 is 0 Å². The van der Waals surface area contributed by atoms with Gasteiger partial charge in [0.05, 0.1) is 7.11 Å². The number of methoxy groups -OCH3 is 1. The maximum Gasteiger partial charge on any atom is 0.263 e. The Hall–Kier alpha value is -2.56. The summed E-state index contributed by atoms with van der Waals surface area (Å²) in [5.41, 5.74) is 2.30. The lowest BCUT2D eigenvalue weighted by atomic mass is 9.91. The van der Waals surface area contributed by atoms with Crippen molar-refractivity contribution in [3.63, 3.8) is 0 Å². The van der Waals surface area contributed by atoms with Crippen LogP contribution < -0.4 is 10.3 Å². The number of carbonyl (C=O) groups is 1. The van der Waals surface area contributed by atoms with Gasteiger partial charge in [0.15, 0.2) is 0 Å². The number of aryl methyl sites for hydroxylation is 2. The van der Waals surface area contributed by atoms with E-state index >= 15 is 0 Å². The quantitative estimate of drug-likeness (QED) is 0.766. The molecular formula is C23H30N2O3. The summed E-state index contributed by atoms with van der Waals surface area (Å²) in [5.74, 6) is 1.22. The first-order chi connectivity index (χ1) is 13.5. The lowest BCUT2D eigenvalue weighted by Crippen LogP contribution is -2.42. The maximum absolute atomic E-state index is 13.0. The third kappa shape index (κ3) is 4.46. The SMILES string of the molecule is CCn1c(C)ccc(C(=O)N2CCC[C@@H](CCc3ccc(OC)cc3)C2)c1=O. The van der Waals surface area contributed by atoms with Crippen LogP contribution in [0.15, 0.2) is 41.2 Å². The van der Waals surface area contributed by atoms with Crippen LogP contribution in [0, 0.1) is 12.8 Å². The minimum absolute atomic E-state index is 0.124. The summed E-state index contributed by atoms with van der Waals surface area (Å²) < 4.78 is 6.87. The maximum atomic E-state index is 13.0. The van der Waals surface area contributed by atoms with Crippen LogP contribution in [-0.4, -0.2) is 35.6 Å². The summed E-state index contributed by atoms with van der Waals surface area (Å²) in [6.45, 7) is 5.87. The molecule has 0 spiro atoms. The van der Waals surface area contributed by atoms with Gasteiger partial charge in [-0.15, -0.1) is 0 Å². The largest absolute Gasteiger partial charge is 0.497 e. The van der Waals surface area contributed by atoms with E-state index in [0.29, 0.717) is 18.0 Å². The highest BCUT2D eigenvalue weighted by atomic mass is 16.5. The van der Waals surface area contributed by atoms with Crippen molar-refractivity contribution in [1.29, 1.82) is 0 Å². The zero-order chi connectivity index (χ0) is 20.1. The lowest BCUT2D eigenvalue weighted by Gasteiger charge is -2.33. The molecule has 1 fully saturated rings. The monoisotopic (exact) mass is 382 g/mol. The van der Waals surface area contributed by atoms with Crippen LogP contribution in [0.1, 0.15) is 47.8 Å². The number of benzene rings is 1. The fourth-order valence-corrected chi connectivity index (χ4v) is 4.05. The van der Waals surface area contributed by atoms with Crippen LogP contribution in [0.4, 0.5) is 0 Å². The Labute approximate surface area is 166 Å². The minimum atomic E-state index is -0.173. The van der Waals surface area contributed by atoms with Crippen LogP contribution in [0.2, 0.25) is 0 Å². The van der Waals surface area contributed by atoms with E-state index in [9.17, 15) is 9.59 Å². The Morgan fingerprint density at radius 2 is 1.93 bits per heavy atom. The molecule has 5 heteroatoms. The molecule has 28 heavy (non-hydrogen) atoms. The highest BCUT2D eigenvalue weighted by Gasteiger charge is 2.26. The lowest BCUT2D eigenvalue weighted by molar-refractivity contribution is 0.0666. The Morgan fingerprint density at radius 3 is 2.61 bits per heavy atom. The number of pyridine rings is 1. The molecule has 1 aromatic carbocycles. The van der Waals surface area contributed by atoms with Crippen molar-refractivity contribution in [2.75, 3.05) is 20.2 Å². The molecule has 0 bridgehead atoms. The Morgan fingerprint density at radius 1 is 1.18 bits per heavy atom. The van der Waals surface area contributed by atoms with E-state index in [0.717, 1.165) is 50.2 Å². The van der Waals surface area contributed by atoms with E-state index in [4.69, 9.17) is 4.74 Å². The number of piperidine rings is 1. The smallest absolute Gasteiger partial charge is 0.263 e. The summed E-state index contributed by atoms with van der Waals surface area (Å²) in [5, 5.41) is 0. The number of carbonyl (C=O) groups excluding carboxylic acids is 1. The predicted molar refractivity (Wildman–Crippen MR) is 111 cm³/mol. The van der Waals surface area contributed by atoms with Crippen molar-refractivity contribution in [3.05, 3.63) is 63.6 Å². The number of aromatic nitrogens is 1.